The molecule has 162 valence electrons. The van der Waals surface area contributed by atoms with Crippen molar-refractivity contribution in [3.63, 3.8) is 0 Å². The minimum Gasteiger partial charge on any atom is -0.358 e. The Morgan fingerprint density at radius 1 is 0.906 bits per heavy atom. The van der Waals surface area contributed by atoms with E-state index in [1.807, 2.05) is 31.2 Å². The Balaban J connectivity index is 1.63. The number of rotatable bonds is 6. The van der Waals surface area contributed by atoms with Crippen molar-refractivity contribution in [2.75, 3.05) is 0 Å². The number of amides is 1. The fraction of sp³-hybridized carbons (Fsp3) is 0.214. The fourth-order valence-electron chi connectivity index (χ4n) is 4.00. The van der Waals surface area contributed by atoms with Gasteiger partial charge in [0.25, 0.3) is 0 Å². The molecule has 0 bridgehead atoms. The maximum absolute atomic E-state index is 12.9. The highest BCUT2D eigenvalue weighted by molar-refractivity contribution is 6.13. The summed E-state index contributed by atoms with van der Waals surface area (Å²) in [6.07, 6.45) is 1.24. The Hall–Kier alpha value is -3.66. The van der Waals surface area contributed by atoms with E-state index in [1.165, 1.54) is 11.1 Å². The Bertz CT molecular complexity index is 1300. The molecule has 0 aliphatic heterocycles. The second-order valence-corrected chi connectivity index (χ2v) is 8.37. The molecule has 4 nitrogen and oxygen atoms in total. The van der Waals surface area contributed by atoms with Crippen LogP contribution < -0.4 is 5.43 Å². The van der Waals surface area contributed by atoms with Crippen LogP contribution in [0.25, 0.3) is 10.9 Å². The Morgan fingerprint density at radius 3 is 2.41 bits per heavy atom. The normalized spacial score (nSPS) is 11.7. The minimum absolute atomic E-state index is 0.131. The van der Waals surface area contributed by atoms with Crippen LogP contribution in [0.4, 0.5) is 0 Å². The average molecular weight is 424 g/mol. The number of hydrazone groups is 1. The third-order valence-corrected chi connectivity index (χ3v) is 5.84. The standard InChI is InChI=1S/C28H29N3O/c1-5-21-11-14-26-25(16-21)24(20(4)29-26)17-27(32)30-31-28(22-12-9-18(2)10-13-22)23-8-6-7-19(3)15-23/h6-16,29H,5,17H2,1-4H3,(H,30,32)/b31-28+. The number of nitrogens with one attached hydrogen (secondary N) is 2. The first-order valence-corrected chi connectivity index (χ1v) is 11.0. The minimum atomic E-state index is -0.131. The van der Waals surface area contributed by atoms with Crippen molar-refractivity contribution in [3.8, 4) is 0 Å². The second-order valence-electron chi connectivity index (χ2n) is 8.37. The quantitative estimate of drug-likeness (QED) is 0.300. The Labute approximate surface area is 189 Å². The predicted molar refractivity (Wildman–Crippen MR) is 132 cm³/mol. The first kappa shape index (κ1) is 21.6. The largest absolute Gasteiger partial charge is 0.358 e. The lowest BCUT2D eigenvalue weighted by Gasteiger charge is -2.10. The number of nitrogens with zero attached hydrogens (tertiary/aromatic N) is 1. The molecule has 0 unspecified atom stereocenters. The highest BCUT2D eigenvalue weighted by atomic mass is 16.2. The van der Waals surface area contributed by atoms with E-state index in [1.54, 1.807) is 0 Å². The Kier molecular flexibility index (Phi) is 6.22. The van der Waals surface area contributed by atoms with E-state index in [2.05, 4.69) is 78.7 Å². The highest BCUT2D eigenvalue weighted by Gasteiger charge is 2.14. The molecule has 4 aromatic rings. The van der Waals surface area contributed by atoms with Crippen molar-refractivity contribution in [3.05, 3.63) is 106 Å². The van der Waals surface area contributed by atoms with Gasteiger partial charge >= 0.3 is 0 Å². The molecule has 4 rings (SSSR count). The van der Waals surface area contributed by atoms with E-state index in [-0.39, 0.29) is 12.3 Å². The molecule has 0 fully saturated rings. The van der Waals surface area contributed by atoms with Crippen molar-refractivity contribution in [1.29, 1.82) is 0 Å². The van der Waals surface area contributed by atoms with Gasteiger partial charge in [-0.3, -0.25) is 4.79 Å². The zero-order chi connectivity index (χ0) is 22.7. The molecule has 0 saturated carbocycles. The maximum atomic E-state index is 12.9. The number of aromatic amines is 1. The van der Waals surface area contributed by atoms with Gasteiger partial charge in [0.1, 0.15) is 0 Å². The monoisotopic (exact) mass is 423 g/mol. The number of hydrogen-bond acceptors (Lipinski definition) is 2. The van der Waals surface area contributed by atoms with Crippen LogP contribution in [-0.4, -0.2) is 16.6 Å². The lowest BCUT2D eigenvalue weighted by atomic mass is 10.00. The Morgan fingerprint density at radius 2 is 1.69 bits per heavy atom. The molecule has 0 saturated heterocycles. The number of benzene rings is 3. The fourth-order valence-corrected chi connectivity index (χ4v) is 4.00. The maximum Gasteiger partial charge on any atom is 0.244 e. The zero-order valence-corrected chi connectivity index (χ0v) is 19.1. The van der Waals surface area contributed by atoms with E-state index >= 15 is 0 Å². The summed E-state index contributed by atoms with van der Waals surface area (Å²) >= 11 is 0. The van der Waals surface area contributed by atoms with Crippen LogP contribution in [0.3, 0.4) is 0 Å². The molecule has 1 amide bonds. The molecule has 32 heavy (non-hydrogen) atoms. The summed E-state index contributed by atoms with van der Waals surface area (Å²) in [4.78, 5) is 16.3. The predicted octanol–water partition coefficient (Wildman–Crippen LogP) is 5.77. The van der Waals surface area contributed by atoms with E-state index in [9.17, 15) is 4.79 Å². The van der Waals surface area contributed by atoms with Crippen molar-refractivity contribution in [2.24, 2.45) is 5.10 Å². The summed E-state index contributed by atoms with van der Waals surface area (Å²) in [6.45, 7) is 8.27. The molecule has 0 spiro atoms. The average Bonchev–Trinajstić information content (AvgIpc) is 3.09. The molecule has 2 N–H and O–H groups in total. The SMILES string of the molecule is CCc1ccc2[nH]c(C)c(CC(=O)N/N=C(\c3ccc(C)cc3)c3cccc(C)c3)c2c1. The van der Waals surface area contributed by atoms with Crippen LogP contribution >= 0.6 is 0 Å². The molecular formula is C28H29N3O. The molecule has 0 aliphatic rings. The van der Waals surface area contributed by atoms with Gasteiger partial charge in [-0.25, -0.2) is 5.43 Å². The third-order valence-electron chi connectivity index (χ3n) is 5.84. The van der Waals surface area contributed by atoms with Gasteiger partial charge in [0.2, 0.25) is 5.91 Å². The van der Waals surface area contributed by atoms with Gasteiger partial charge in [-0.1, -0.05) is 66.6 Å². The lowest BCUT2D eigenvalue weighted by molar-refractivity contribution is -0.120. The van der Waals surface area contributed by atoms with Crippen molar-refractivity contribution >= 4 is 22.5 Å². The van der Waals surface area contributed by atoms with Crippen molar-refractivity contribution < 1.29 is 4.79 Å². The lowest BCUT2D eigenvalue weighted by Crippen LogP contribution is -2.22. The summed E-state index contributed by atoms with van der Waals surface area (Å²) in [5.41, 5.74) is 12.2. The highest BCUT2D eigenvalue weighted by Crippen LogP contribution is 2.24. The topological polar surface area (TPSA) is 57.2 Å². The van der Waals surface area contributed by atoms with Gasteiger partial charge in [0.15, 0.2) is 0 Å². The number of aryl methyl sites for hydroxylation is 4. The van der Waals surface area contributed by atoms with Crippen LogP contribution in [-0.2, 0) is 17.6 Å². The number of carbonyl (C=O) groups is 1. The second kappa shape index (κ2) is 9.23. The summed E-state index contributed by atoms with van der Waals surface area (Å²) < 4.78 is 0. The first-order valence-electron chi connectivity index (χ1n) is 11.0. The molecule has 4 heteroatoms. The number of carbonyl (C=O) groups excluding carboxylic acids is 1. The van der Waals surface area contributed by atoms with Crippen LogP contribution in [0, 0.1) is 20.8 Å². The van der Waals surface area contributed by atoms with Crippen molar-refractivity contribution in [2.45, 2.75) is 40.5 Å². The summed E-state index contributed by atoms with van der Waals surface area (Å²) in [6, 6.07) is 22.8. The third kappa shape index (κ3) is 4.65. The van der Waals surface area contributed by atoms with Gasteiger partial charge in [-0.15, -0.1) is 0 Å². The number of hydrogen-bond donors (Lipinski definition) is 2. The van der Waals surface area contributed by atoms with Crippen LogP contribution in [0.2, 0.25) is 0 Å². The van der Waals surface area contributed by atoms with E-state index < -0.39 is 0 Å². The molecule has 1 aromatic heterocycles. The van der Waals surface area contributed by atoms with E-state index in [0.29, 0.717) is 0 Å². The zero-order valence-electron chi connectivity index (χ0n) is 19.1. The van der Waals surface area contributed by atoms with Gasteiger partial charge in [-0.2, -0.15) is 5.10 Å². The molecule has 1 heterocycles. The van der Waals surface area contributed by atoms with Crippen LogP contribution in [0.1, 0.15) is 46.0 Å². The van der Waals surface area contributed by atoms with E-state index in [0.717, 1.165) is 51.0 Å². The summed E-state index contributed by atoms with van der Waals surface area (Å²) in [7, 11) is 0. The first-order chi connectivity index (χ1) is 15.4. The smallest absolute Gasteiger partial charge is 0.244 e. The van der Waals surface area contributed by atoms with Gasteiger partial charge < -0.3 is 4.98 Å². The van der Waals surface area contributed by atoms with Crippen LogP contribution in [0.5, 0.6) is 0 Å². The van der Waals surface area contributed by atoms with Crippen LogP contribution in [0.15, 0.2) is 71.8 Å². The molecule has 0 aliphatic carbocycles. The number of aromatic nitrogens is 1. The molecular weight excluding hydrogens is 394 g/mol. The van der Waals surface area contributed by atoms with Gasteiger partial charge in [0.05, 0.1) is 12.1 Å². The summed E-state index contributed by atoms with van der Waals surface area (Å²) in [5, 5.41) is 5.68. The van der Waals surface area contributed by atoms with Gasteiger partial charge in [0, 0.05) is 27.7 Å². The van der Waals surface area contributed by atoms with E-state index in [4.69, 9.17) is 0 Å². The number of fused-ring (bicyclic) bond motifs is 1. The summed E-state index contributed by atoms with van der Waals surface area (Å²) in [5.74, 6) is -0.131. The molecule has 0 radical (unpaired) electrons. The number of H-pyrrole nitrogens is 1. The van der Waals surface area contributed by atoms with Gasteiger partial charge in [-0.05, 0) is 56.5 Å². The molecule has 0 atom stereocenters. The van der Waals surface area contributed by atoms with Crippen molar-refractivity contribution in [1.82, 2.24) is 10.4 Å². The molecule has 3 aromatic carbocycles.